The van der Waals surface area contributed by atoms with Crippen LogP contribution in [-0.2, 0) is 19.1 Å². The zero-order valence-corrected chi connectivity index (χ0v) is 26.4. The van der Waals surface area contributed by atoms with E-state index in [4.69, 9.17) is 4.74 Å². The van der Waals surface area contributed by atoms with Crippen molar-refractivity contribution in [2.75, 3.05) is 49.2 Å². The summed E-state index contributed by atoms with van der Waals surface area (Å²) < 4.78 is 4.84. The number of carbonyl (C=O) groups is 3. The molecule has 3 fully saturated rings. The van der Waals surface area contributed by atoms with E-state index in [1.165, 1.54) is 0 Å². The molecule has 2 amide bonds. The van der Waals surface area contributed by atoms with Crippen molar-refractivity contribution in [3.63, 3.8) is 0 Å². The molecule has 1 aromatic rings. The SMILES string of the molecule is C=CCCOC(=O)[C@H]1[C@@H]2SC3(CC2Br)C(C(=O)N(CC=C)c2ccc(N(CC)CC)cc2)N(CCCCO)C(=O)[C@H]13. The second-order valence-electron chi connectivity index (χ2n) is 10.8. The normalized spacial score (nSPS) is 28.0. The smallest absolute Gasteiger partial charge is 0.310 e. The summed E-state index contributed by atoms with van der Waals surface area (Å²) in [6.07, 6.45) is 5.62. The monoisotopic (exact) mass is 647 g/mol. The highest BCUT2D eigenvalue weighted by molar-refractivity contribution is 9.09. The molecule has 224 valence electrons. The molecule has 4 rings (SSSR count). The molecule has 3 heterocycles. The number of thioether (sulfide) groups is 1. The van der Waals surface area contributed by atoms with Gasteiger partial charge in [-0.2, -0.15) is 0 Å². The summed E-state index contributed by atoms with van der Waals surface area (Å²) in [4.78, 5) is 47.8. The van der Waals surface area contributed by atoms with Gasteiger partial charge in [-0.3, -0.25) is 14.4 Å². The van der Waals surface area contributed by atoms with Crippen LogP contribution in [0.1, 0.15) is 39.5 Å². The molecule has 10 heteroatoms. The fourth-order valence-electron chi connectivity index (χ4n) is 6.68. The molecule has 2 bridgehead atoms. The fourth-order valence-corrected chi connectivity index (χ4v) is 10.3. The lowest BCUT2D eigenvalue weighted by Crippen LogP contribution is -2.55. The predicted octanol–water partition coefficient (Wildman–Crippen LogP) is 4.41. The van der Waals surface area contributed by atoms with Gasteiger partial charge < -0.3 is 24.5 Å². The molecule has 1 aromatic carbocycles. The number of hydrogen-bond donors (Lipinski definition) is 1. The predicted molar refractivity (Wildman–Crippen MR) is 169 cm³/mol. The van der Waals surface area contributed by atoms with E-state index < -0.39 is 22.6 Å². The maximum atomic E-state index is 14.6. The van der Waals surface area contributed by atoms with Crippen LogP contribution in [0.3, 0.4) is 0 Å². The van der Waals surface area contributed by atoms with E-state index in [1.807, 2.05) is 24.3 Å². The van der Waals surface area contributed by atoms with Gasteiger partial charge in [0, 0.05) is 54.2 Å². The minimum Gasteiger partial charge on any atom is -0.465 e. The quantitative estimate of drug-likeness (QED) is 0.131. The summed E-state index contributed by atoms with van der Waals surface area (Å²) in [7, 11) is 0. The van der Waals surface area contributed by atoms with Gasteiger partial charge in [0.25, 0.3) is 5.91 Å². The first-order valence-electron chi connectivity index (χ1n) is 14.6. The second-order valence-corrected chi connectivity index (χ2v) is 13.5. The number of alkyl halides is 1. The number of nitrogens with zero attached hydrogens (tertiary/aromatic N) is 3. The minimum absolute atomic E-state index is 0.00917. The number of anilines is 2. The van der Waals surface area contributed by atoms with Crippen LogP contribution < -0.4 is 9.80 Å². The first-order valence-corrected chi connectivity index (χ1v) is 16.4. The highest BCUT2D eigenvalue weighted by Crippen LogP contribution is 2.68. The van der Waals surface area contributed by atoms with E-state index in [-0.39, 0.29) is 47.6 Å². The fraction of sp³-hybridized carbons (Fsp3) is 0.581. The van der Waals surface area contributed by atoms with Crippen molar-refractivity contribution in [3.8, 4) is 0 Å². The number of aliphatic hydroxyl groups is 1. The molecule has 3 saturated heterocycles. The molecular weight excluding hydrogens is 606 g/mol. The van der Waals surface area contributed by atoms with E-state index in [9.17, 15) is 19.5 Å². The lowest BCUT2D eigenvalue weighted by molar-refractivity contribution is -0.154. The molecule has 3 aliphatic rings. The Balaban J connectivity index is 1.71. The number of aliphatic hydroxyl groups excluding tert-OH is 1. The van der Waals surface area contributed by atoms with Gasteiger partial charge in [-0.15, -0.1) is 24.9 Å². The number of carbonyl (C=O) groups excluding carboxylic acids is 3. The molecule has 0 aromatic heterocycles. The van der Waals surface area contributed by atoms with Gasteiger partial charge in [0.1, 0.15) is 6.04 Å². The first-order chi connectivity index (χ1) is 19.8. The zero-order chi connectivity index (χ0) is 29.7. The highest BCUT2D eigenvalue weighted by Gasteiger charge is 2.76. The van der Waals surface area contributed by atoms with Crippen LogP contribution in [-0.4, -0.2) is 88.0 Å². The van der Waals surface area contributed by atoms with Crippen molar-refractivity contribution >= 4 is 56.9 Å². The molecule has 8 nitrogen and oxygen atoms in total. The van der Waals surface area contributed by atoms with E-state index in [0.717, 1.165) is 24.5 Å². The standard InChI is InChI=1S/C31H42BrN3O5S/c1-5-9-19-40-30(39)24-25-28(37)35(17-10-11-18-36)27(31(25)20-23(32)26(24)41-31)29(38)34(16-6-2)22-14-12-21(13-15-22)33(7-3)8-4/h5-6,12-15,23-27,36H,1-2,7-11,16-20H2,3-4H3/t23?,24-,25+,26-,27?,31?/m1/s1. The number of likely N-dealkylation sites (tertiary alicyclic amines) is 1. The number of unbranched alkanes of at least 4 members (excludes halogenated alkanes) is 1. The first kappa shape index (κ1) is 31.6. The Bertz CT molecular complexity index is 1130. The number of halogens is 1. The third-order valence-corrected chi connectivity index (χ3v) is 11.8. The zero-order valence-electron chi connectivity index (χ0n) is 24.0. The molecule has 1 spiro atoms. The molecule has 3 aliphatic heterocycles. The molecule has 41 heavy (non-hydrogen) atoms. The number of fused-ring (bicyclic) bond motifs is 1. The van der Waals surface area contributed by atoms with Crippen LogP contribution in [0.5, 0.6) is 0 Å². The van der Waals surface area contributed by atoms with Crippen LogP contribution in [0, 0.1) is 11.8 Å². The molecule has 1 N–H and O–H groups in total. The Morgan fingerprint density at radius 1 is 1.17 bits per heavy atom. The van der Waals surface area contributed by atoms with Gasteiger partial charge in [-0.1, -0.05) is 28.1 Å². The van der Waals surface area contributed by atoms with Crippen LogP contribution in [0.15, 0.2) is 49.6 Å². The van der Waals surface area contributed by atoms with E-state index in [1.54, 1.807) is 33.7 Å². The van der Waals surface area contributed by atoms with Crippen molar-refractivity contribution in [1.82, 2.24) is 4.90 Å². The van der Waals surface area contributed by atoms with Gasteiger partial charge in [-0.05, 0) is 63.8 Å². The average molecular weight is 649 g/mol. The summed E-state index contributed by atoms with van der Waals surface area (Å²) in [5, 5.41) is 9.27. The summed E-state index contributed by atoms with van der Waals surface area (Å²) in [5.41, 5.74) is 1.82. The number of esters is 1. The van der Waals surface area contributed by atoms with Crippen LogP contribution in [0.25, 0.3) is 0 Å². The molecule has 3 unspecified atom stereocenters. The van der Waals surface area contributed by atoms with Crippen LogP contribution >= 0.6 is 27.7 Å². The number of amides is 2. The molecule has 0 radical (unpaired) electrons. The lowest BCUT2D eigenvalue weighted by Gasteiger charge is -2.38. The third-order valence-electron chi connectivity index (χ3n) is 8.54. The average Bonchev–Trinajstić information content (AvgIpc) is 3.56. The van der Waals surface area contributed by atoms with E-state index in [0.29, 0.717) is 32.2 Å². The molecule has 0 aliphatic carbocycles. The van der Waals surface area contributed by atoms with Crippen molar-refractivity contribution in [1.29, 1.82) is 0 Å². The highest BCUT2D eigenvalue weighted by atomic mass is 79.9. The second kappa shape index (κ2) is 13.8. The summed E-state index contributed by atoms with van der Waals surface area (Å²) in [5.74, 6) is -1.99. The molecule has 0 saturated carbocycles. The largest absolute Gasteiger partial charge is 0.465 e. The van der Waals surface area contributed by atoms with Gasteiger partial charge in [0.05, 0.1) is 23.2 Å². The Morgan fingerprint density at radius 3 is 2.46 bits per heavy atom. The number of benzene rings is 1. The van der Waals surface area contributed by atoms with Gasteiger partial charge >= 0.3 is 5.97 Å². The van der Waals surface area contributed by atoms with Crippen LogP contribution in [0.4, 0.5) is 11.4 Å². The van der Waals surface area contributed by atoms with E-state index in [2.05, 4.69) is 47.8 Å². The van der Waals surface area contributed by atoms with Gasteiger partial charge in [0.15, 0.2) is 0 Å². The molecule has 6 atom stereocenters. The summed E-state index contributed by atoms with van der Waals surface area (Å²) in [6.45, 7) is 14.4. The third kappa shape index (κ3) is 5.84. The number of ether oxygens (including phenoxy) is 1. The number of rotatable bonds is 15. The molecular formula is C31H42BrN3O5S. The Labute approximate surface area is 256 Å². The maximum absolute atomic E-state index is 14.6. The Morgan fingerprint density at radius 2 is 1.85 bits per heavy atom. The van der Waals surface area contributed by atoms with Crippen LogP contribution in [0.2, 0.25) is 0 Å². The van der Waals surface area contributed by atoms with E-state index >= 15 is 0 Å². The van der Waals surface area contributed by atoms with Crippen molar-refractivity contribution in [2.24, 2.45) is 11.8 Å². The topological polar surface area (TPSA) is 90.4 Å². The van der Waals surface area contributed by atoms with Gasteiger partial charge in [0.2, 0.25) is 5.91 Å². The summed E-state index contributed by atoms with van der Waals surface area (Å²) >= 11 is 5.39. The Hall–Kier alpha value is -2.30. The summed E-state index contributed by atoms with van der Waals surface area (Å²) in [6, 6.07) is 7.19. The number of hydrogen-bond acceptors (Lipinski definition) is 7. The Kier molecular flexibility index (Phi) is 10.6. The van der Waals surface area contributed by atoms with Crippen molar-refractivity contribution in [2.45, 2.75) is 60.4 Å². The minimum atomic E-state index is -0.755. The lowest BCUT2D eigenvalue weighted by atomic mass is 9.71. The maximum Gasteiger partial charge on any atom is 0.310 e. The van der Waals surface area contributed by atoms with Crippen molar-refractivity contribution in [3.05, 3.63) is 49.6 Å². The van der Waals surface area contributed by atoms with Crippen molar-refractivity contribution < 1.29 is 24.2 Å². The van der Waals surface area contributed by atoms with Gasteiger partial charge in [-0.25, -0.2) is 0 Å².